The monoisotopic (exact) mass is 144 g/mol. The zero-order chi connectivity index (χ0) is 7.78. The molecule has 0 aromatic rings. The van der Waals surface area contributed by atoms with Crippen molar-refractivity contribution in [1.82, 2.24) is 10.2 Å². The fourth-order valence-corrected chi connectivity index (χ4v) is 1.26. The summed E-state index contributed by atoms with van der Waals surface area (Å²) in [6, 6.07) is 0. The van der Waals surface area contributed by atoms with Crippen LogP contribution in [0.25, 0.3) is 0 Å². The molecule has 3 heteroatoms. The van der Waals surface area contributed by atoms with Gasteiger partial charge in [0.1, 0.15) is 5.72 Å². The van der Waals surface area contributed by atoms with Gasteiger partial charge in [-0.2, -0.15) is 0 Å². The molecule has 1 rings (SSSR count). The second kappa shape index (κ2) is 2.49. The van der Waals surface area contributed by atoms with Crippen molar-refractivity contribution in [1.29, 1.82) is 0 Å². The maximum Gasteiger partial charge on any atom is 0.118 e. The summed E-state index contributed by atoms with van der Waals surface area (Å²) in [5, 5.41) is 12.5. The lowest BCUT2D eigenvalue weighted by Gasteiger charge is -2.44. The van der Waals surface area contributed by atoms with E-state index in [-0.39, 0.29) is 0 Å². The van der Waals surface area contributed by atoms with E-state index >= 15 is 0 Å². The molecule has 0 radical (unpaired) electrons. The second-order valence-corrected chi connectivity index (χ2v) is 3.32. The van der Waals surface area contributed by atoms with Crippen LogP contribution in [-0.4, -0.2) is 42.9 Å². The minimum absolute atomic E-state index is 0.391. The van der Waals surface area contributed by atoms with E-state index in [1.807, 2.05) is 6.92 Å². The highest BCUT2D eigenvalue weighted by molar-refractivity contribution is 4.89. The van der Waals surface area contributed by atoms with Gasteiger partial charge in [0, 0.05) is 19.0 Å². The van der Waals surface area contributed by atoms with Gasteiger partial charge in [-0.15, -0.1) is 0 Å². The van der Waals surface area contributed by atoms with Gasteiger partial charge >= 0.3 is 0 Å². The Kier molecular flexibility index (Phi) is 1.99. The van der Waals surface area contributed by atoms with Crippen LogP contribution in [-0.2, 0) is 0 Å². The van der Waals surface area contributed by atoms with Crippen molar-refractivity contribution >= 4 is 0 Å². The number of nitrogens with one attached hydrogen (secondary N) is 1. The second-order valence-electron chi connectivity index (χ2n) is 3.32. The number of aliphatic hydroxyl groups is 1. The highest BCUT2D eigenvalue weighted by Gasteiger charge is 2.37. The van der Waals surface area contributed by atoms with Crippen LogP contribution < -0.4 is 5.32 Å². The fourth-order valence-electron chi connectivity index (χ4n) is 1.26. The standard InChI is InChI=1S/C7H16N2O/c1-7(10,8-2)6-4-9(3)5-6/h6,8,10H,4-5H2,1-3H3. The maximum absolute atomic E-state index is 9.62. The van der Waals surface area contributed by atoms with Crippen LogP contribution in [0.3, 0.4) is 0 Å². The van der Waals surface area contributed by atoms with E-state index in [0.29, 0.717) is 5.92 Å². The molecule has 1 unspecified atom stereocenters. The Hall–Kier alpha value is -0.120. The Morgan fingerprint density at radius 2 is 2.10 bits per heavy atom. The highest BCUT2D eigenvalue weighted by Crippen LogP contribution is 2.22. The van der Waals surface area contributed by atoms with Gasteiger partial charge in [-0.3, -0.25) is 5.32 Å². The first kappa shape index (κ1) is 7.98. The van der Waals surface area contributed by atoms with E-state index in [4.69, 9.17) is 0 Å². The Morgan fingerprint density at radius 1 is 1.60 bits per heavy atom. The Bertz CT molecular complexity index is 119. The highest BCUT2D eigenvalue weighted by atomic mass is 16.3. The first-order valence-corrected chi connectivity index (χ1v) is 3.66. The molecule has 1 heterocycles. The van der Waals surface area contributed by atoms with Crippen LogP contribution in [0.2, 0.25) is 0 Å². The summed E-state index contributed by atoms with van der Waals surface area (Å²) in [4.78, 5) is 2.19. The molecule has 0 aromatic carbocycles. The van der Waals surface area contributed by atoms with Crippen LogP contribution in [0, 0.1) is 5.92 Å². The number of nitrogens with zero attached hydrogens (tertiary/aromatic N) is 1. The van der Waals surface area contributed by atoms with Crippen molar-refractivity contribution in [3.05, 3.63) is 0 Å². The molecule has 60 valence electrons. The largest absolute Gasteiger partial charge is 0.376 e. The lowest BCUT2D eigenvalue weighted by Crippen LogP contribution is -2.60. The van der Waals surface area contributed by atoms with Crippen molar-refractivity contribution in [2.24, 2.45) is 5.92 Å². The van der Waals surface area contributed by atoms with Crippen LogP contribution in [0.15, 0.2) is 0 Å². The summed E-state index contributed by atoms with van der Waals surface area (Å²) in [7, 11) is 3.85. The summed E-state index contributed by atoms with van der Waals surface area (Å²) >= 11 is 0. The third-order valence-electron chi connectivity index (χ3n) is 2.37. The van der Waals surface area contributed by atoms with Gasteiger partial charge in [-0.25, -0.2) is 0 Å². The van der Waals surface area contributed by atoms with Crippen molar-refractivity contribution in [2.45, 2.75) is 12.6 Å². The average Bonchev–Trinajstić information content (AvgIpc) is 1.81. The third-order valence-corrected chi connectivity index (χ3v) is 2.37. The fraction of sp³-hybridized carbons (Fsp3) is 1.00. The Balaban J connectivity index is 2.36. The van der Waals surface area contributed by atoms with Gasteiger partial charge in [0.2, 0.25) is 0 Å². The molecule has 0 saturated carbocycles. The molecular weight excluding hydrogens is 128 g/mol. The van der Waals surface area contributed by atoms with Gasteiger partial charge in [-0.1, -0.05) is 0 Å². The zero-order valence-electron chi connectivity index (χ0n) is 6.89. The lowest BCUT2D eigenvalue weighted by atomic mass is 9.90. The normalized spacial score (nSPS) is 27.6. The summed E-state index contributed by atoms with van der Waals surface area (Å²) in [5.74, 6) is 0.391. The predicted molar refractivity (Wildman–Crippen MR) is 40.7 cm³/mol. The first-order chi connectivity index (χ1) is 4.56. The molecule has 1 aliphatic heterocycles. The molecule has 2 N–H and O–H groups in total. The summed E-state index contributed by atoms with van der Waals surface area (Å²) < 4.78 is 0. The van der Waals surface area contributed by atoms with Gasteiger partial charge in [0.25, 0.3) is 0 Å². The number of hydrogen-bond acceptors (Lipinski definition) is 3. The van der Waals surface area contributed by atoms with Gasteiger partial charge in [0.15, 0.2) is 0 Å². The SMILES string of the molecule is CNC(C)(O)C1CN(C)C1. The summed E-state index contributed by atoms with van der Waals surface area (Å²) in [6.07, 6.45) is 0. The Morgan fingerprint density at radius 3 is 2.40 bits per heavy atom. The van der Waals surface area contributed by atoms with E-state index in [9.17, 15) is 5.11 Å². The molecule has 1 fully saturated rings. The van der Waals surface area contributed by atoms with Crippen LogP contribution in [0.1, 0.15) is 6.92 Å². The average molecular weight is 144 g/mol. The lowest BCUT2D eigenvalue weighted by molar-refractivity contribution is -0.0840. The molecule has 1 aliphatic rings. The van der Waals surface area contributed by atoms with E-state index in [2.05, 4.69) is 17.3 Å². The van der Waals surface area contributed by atoms with Crippen LogP contribution >= 0.6 is 0 Å². The van der Waals surface area contributed by atoms with Crippen molar-refractivity contribution in [3.63, 3.8) is 0 Å². The molecule has 10 heavy (non-hydrogen) atoms. The van der Waals surface area contributed by atoms with Gasteiger partial charge < -0.3 is 10.0 Å². The van der Waals surface area contributed by atoms with Crippen molar-refractivity contribution < 1.29 is 5.11 Å². The van der Waals surface area contributed by atoms with E-state index in [1.165, 1.54) is 0 Å². The molecule has 1 atom stereocenters. The first-order valence-electron chi connectivity index (χ1n) is 3.66. The number of rotatable bonds is 2. The van der Waals surface area contributed by atoms with E-state index in [1.54, 1.807) is 7.05 Å². The van der Waals surface area contributed by atoms with Crippen LogP contribution in [0.4, 0.5) is 0 Å². The summed E-state index contributed by atoms with van der Waals surface area (Å²) in [5.41, 5.74) is -0.674. The van der Waals surface area contributed by atoms with E-state index < -0.39 is 5.72 Å². The van der Waals surface area contributed by atoms with E-state index in [0.717, 1.165) is 13.1 Å². The molecular formula is C7H16N2O. The molecule has 0 bridgehead atoms. The number of hydrogen-bond donors (Lipinski definition) is 2. The molecule has 3 nitrogen and oxygen atoms in total. The zero-order valence-corrected chi connectivity index (χ0v) is 6.89. The Labute approximate surface area is 62.0 Å². The molecule has 0 aromatic heterocycles. The maximum atomic E-state index is 9.62. The minimum Gasteiger partial charge on any atom is -0.376 e. The third kappa shape index (κ3) is 1.31. The van der Waals surface area contributed by atoms with Crippen LogP contribution in [0.5, 0.6) is 0 Å². The van der Waals surface area contributed by atoms with Crippen molar-refractivity contribution in [3.8, 4) is 0 Å². The van der Waals surface area contributed by atoms with Crippen molar-refractivity contribution in [2.75, 3.05) is 27.2 Å². The molecule has 1 saturated heterocycles. The smallest absolute Gasteiger partial charge is 0.118 e. The topological polar surface area (TPSA) is 35.5 Å². The quantitative estimate of drug-likeness (QED) is 0.512. The minimum atomic E-state index is -0.674. The number of likely N-dealkylation sites (tertiary alicyclic amines) is 1. The van der Waals surface area contributed by atoms with Gasteiger partial charge in [0.05, 0.1) is 0 Å². The van der Waals surface area contributed by atoms with Gasteiger partial charge in [-0.05, 0) is 21.0 Å². The molecule has 0 amide bonds. The predicted octanol–water partition coefficient (Wildman–Crippen LogP) is -0.524. The summed E-state index contributed by atoms with van der Waals surface area (Å²) in [6.45, 7) is 3.81. The molecule has 0 spiro atoms. The molecule has 0 aliphatic carbocycles.